The Labute approximate surface area is 252 Å². The highest BCUT2D eigenvalue weighted by Crippen LogP contribution is 2.54. The quantitative estimate of drug-likeness (QED) is 0.375. The van der Waals surface area contributed by atoms with Crippen LogP contribution in [0.2, 0.25) is 0 Å². The number of carboxylic acid groups (broad SMARTS) is 1. The van der Waals surface area contributed by atoms with Gasteiger partial charge in [0.15, 0.2) is 5.82 Å². The first-order valence-corrected chi connectivity index (χ1v) is 15.8. The van der Waals surface area contributed by atoms with Crippen LogP contribution in [0.25, 0.3) is 21.8 Å². The fourth-order valence-electron chi connectivity index (χ4n) is 8.27. The van der Waals surface area contributed by atoms with E-state index in [-0.39, 0.29) is 47.6 Å². The van der Waals surface area contributed by atoms with E-state index in [4.69, 9.17) is 9.72 Å². The predicted octanol–water partition coefficient (Wildman–Crippen LogP) is 5.87. The number of likely N-dealkylation sites (N-methyl/N-ethyl adjacent to an activating group) is 1. The highest BCUT2D eigenvalue weighted by atomic mass is 79.9. The maximum Gasteiger partial charge on any atom is 0.407 e. The summed E-state index contributed by atoms with van der Waals surface area (Å²) in [6.45, 7) is 7.67. The van der Waals surface area contributed by atoms with Crippen molar-refractivity contribution < 1.29 is 23.8 Å². The van der Waals surface area contributed by atoms with Gasteiger partial charge in [0.1, 0.15) is 11.6 Å². The Balaban J connectivity index is 1.50. The Bertz CT molecular complexity index is 1630. The maximum absolute atomic E-state index is 16.0. The van der Waals surface area contributed by atoms with Crippen LogP contribution < -0.4 is 4.74 Å². The molecule has 6 atom stereocenters. The first-order chi connectivity index (χ1) is 20.1. The van der Waals surface area contributed by atoms with Gasteiger partial charge in [-0.3, -0.25) is 9.69 Å². The number of likely N-dealkylation sites (tertiary alicyclic amines) is 2. The van der Waals surface area contributed by atoms with Gasteiger partial charge in [-0.25, -0.2) is 14.2 Å². The molecule has 1 N–H and O–H groups in total. The lowest BCUT2D eigenvalue weighted by Gasteiger charge is -2.40. The van der Waals surface area contributed by atoms with Crippen LogP contribution in [0.5, 0.6) is 5.88 Å². The lowest BCUT2D eigenvalue weighted by atomic mass is 9.79. The third-order valence-corrected chi connectivity index (χ3v) is 11.3. The Morgan fingerprint density at radius 1 is 1.17 bits per heavy atom. The van der Waals surface area contributed by atoms with Crippen molar-refractivity contribution in [3.05, 3.63) is 33.7 Å². The summed E-state index contributed by atoms with van der Waals surface area (Å²) >= 11 is 3.42. The third kappa shape index (κ3) is 4.06. The number of pyridine rings is 1. The van der Waals surface area contributed by atoms with E-state index < -0.39 is 11.9 Å². The molecule has 11 heteroatoms. The summed E-state index contributed by atoms with van der Waals surface area (Å²) in [5.41, 5.74) is 2.75. The van der Waals surface area contributed by atoms with Crippen LogP contribution in [0.4, 0.5) is 9.18 Å². The number of fused-ring (bicyclic) bond motifs is 4. The molecule has 0 unspecified atom stereocenters. The SMILES string of the molecule is CC(=O)N1CCC[C@@H]1c1cc2c(O[C@@H](C)[C@@H]3CCCN3C)nc3c(F)c(Br)c(C)cc3c2n1[C@H]1[C@@H]2C[C@H]1N(C(=O)O)C2. The van der Waals surface area contributed by atoms with Crippen molar-refractivity contribution in [1.29, 1.82) is 0 Å². The topological polar surface area (TPSA) is 91.1 Å². The Hall–Kier alpha value is -2.92. The molecule has 1 aliphatic carbocycles. The van der Waals surface area contributed by atoms with E-state index in [1.807, 2.05) is 17.9 Å². The summed E-state index contributed by atoms with van der Waals surface area (Å²) in [7, 11) is 2.10. The molecular formula is C31H37BrFN5O4. The molecule has 1 aromatic carbocycles. The van der Waals surface area contributed by atoms with Crippen molar-refractivity contribution in [3.63, 3.8) is 0 Å². The number of aryl methyl sites for hydroxylation is 1. The average Bonchev–Trinajstić information content (AvgIpc) is 3.75. The van der Waals surface area contributed by atoms with Gasteiger partial charge in [0.25, 0.3) is 0 Å². The zero-order chi connectivity index (χ0) is 29.6. The summed E-state index contributed by atoms with van der Waals surface area (Å²) in [5, 5.41) is 11.4. The number of nitrogens with zero attached hydrogens (tertiary/aromatic N) is 5. The van der Waals surface area contributed by atoms with Crippen LogP contribution >= 0.6 is 15.9 Å². The van der Waals surface area contributed by atoms with Gasteiger partial charge in [-0.2, -0.15) is 0 Å². The number of amides is 2. The number of halogens is 2. The number of hydrogen-bond donors (Lipinski definition) is 1. The summed E-state index contributed by atoms with van der Waals surface area (Å²) in [5.74, 6) is 0.106. The van der Waals surface area contributed by atoms with Gasteiger partial charge < -0.3 is 24.2 Å². The van der Waals surface area contributed by atoms with Crippen molar-refractivity contribution in [1.82, 2.24) is 24.3 Å². The van der Waals surface area contributed by atoms with Gasteiger partial charge in [0.2, 0.25) is 11.8 Å². The molecule has 0 spiro atoms. The van der Waals surface area contributed by atoms with Gasteiger partial charge in [-0.05, 0) is 93.2 Å². The standard InChI is InChI=1S/C31H37BrFN5O4/c1-15-11-19-27(26(33)25(15)32)34-30(42-16(2)21-7-5-9-35(21)4)20-13-23(22-8-6-10-36(22)17(3)39)38(29(19)20)28-18-12-24(28)37(14-18)31(40)41/h11,13,16,18,21-22,24,28H,5-10,12,14H2,1-4H3,(H,40,41)/t16-,18+,21-,22+,24+,28-/m0/s1. The van der Waals surface area contributed by atoms with Gasteiger partial charge in [0, 0.05) is 43.1 Å². The minimum atomic E-state index is -0.912. The number of ether oxygens (including phenoxy) is 1. The van der Waals surface area contributed by atoms with Crippen LogP contribution in [0.3, 0.4) is 0 Å². The number of aromatic nitrogens is 2. The lowest BCUT2D eigenvalue weighted by Crippen LogP contribution is -2.43. The van der Waals surface area contributed by atoms with E-state index in [0.29, 0.717) is 28.8 Å². The zero-order valence-electron chi connectivity index (χ0n) is 24.4. The molecule has 4 aliphatic heterocycles. The molecule has 4 saturated heterocycles. The first kappa shape index (κ1) is 27.9. The minimum Gasteiger partial charge on any atom is -0.472 e. The number of rotatable bonds is 5. The molecular weight excluding hydrogens is 605 g/mol. The van der Waals surface area contributed by atoms with E-state index >= 15 is 4.39 Å². The van der Waals surface area contributed by atoms with Gasteiger partial charge >= 0.3 is 6.09 Å². The van der Waals surface area contributed by atoms with Crippen LogP contribution in [-0.2, 0) is 4.79 Å². The molecule has 6 heterocycles. The van der Waals surface area contributed by atoms with Gasteiger partial charge in [0.05, 0.1) is 33.5 Å². The maximum atomic E-state index is 16.0. The third-order valence-electron chi connectivity index (χ3n) is 10.3. The average molecular weight is 643 g/mol. The zero-order valence-corrected chi connectivity index (χ0v) is 26.0. The number of hydrogen-bond acceptors (Lipinski definition) is 5. The second kappa shape index (κ2) is 10.1. The Morgan fingerprint density at radius 2 is 1.93 bits per heavy atom. The summed E-state index contributed by atoms with van der Waals surface area (Å²) in [4.78, 5) is 35.5. The summed E-state index contributed by atoms with van der Waals surface area (Å²) in [6.07, 6.45) is 3.54. The molecule has 5 fully saturated rings. The van der Waals surface area contributed by atoms with Crippen molar-refractivity contribution in [2.75, 3.05) is 26.7 Å². The van der Waals surface area contributed by atoms with Crippen molar-refractivity contribution >= 4 is 49.7 Å². The van der Waals surface area contributed by atoms with E-state index in [1.165, 1.54) is 0 Å². The molecule has 42 heavy (non-hydrogen) atoms. The monoisotopic (exact) mass is 641 g/mol. The second-order valence-corrected chi connectivity index (χ2v) is 13.5. The largest absolute Gasteiger partial charge is 0.472 e. The van der Waals surface area contributed by atoms with Crippen molar-refractivity contribution in [3.8, 4) is 5.88 Å². The van der Waals surface area contributed by atoms with E-state index in [0.717, 1.165) is 60.8 Å². The lowest BCUT2D eigenvalue weighted by molar-refractivity contribution is -0.129. The molecule has 5 aliphatic rings. The first-order valence-electron chi connectivity index (χ1n) is 15.0. The van der Waals surface area contributed by atoms with E-state index in [9.17, 15) is 14.7 Å². The van der Waals surface area contributed by atoms with E-state index in [2.05, 4.69) is 45.4 Å². The summed E-state index contributed by atoms with van der Waals surface area (Å²) < 4.78 is 25.2. The van der Waals surface area contributed by atoms with Crippen LogP contribution in [-0.4, -0.2) is 86.2 Å². The number of benzene rings is 1. The molecule has 2 amide bonds. The van der Waals surface area contributed by atoms with E-state index in [1.54, 1.807) is 11.8 Å². The Kier molecular flexibility index (Phi) is 6.69. The Morgan fingerprint density at radius 3 is 2.60 bits per heavy atom. The molecule has 224 valence electrons. The van der Waals surface area contributed by atoms with Crippen molar-refractivity contribution in [2.45, 2.75) is 83.1 Å². The minimum absolute atomic E-state index is 0.0150. The van der Waals surface area contributed by atoms with Crippen LogP contribution in [0.1, 0.15) is 69.3 Å². The molecule has 0 radical (unpaired) electrons. The molecule has 2 bridgehead atoms. The predicted molar refractivity (Wildman–Crippen MR) is 160 cm³/mol. The summed E-state index contributed by atoms with van der Waals surface area (Å²) in [6, 6.07) is 3.84. The number of carbonyl (C=O) groups excluding carboxylic acids is 1. The fraction of sp³-hybridized carbons (Fsp3) is 0.581. The van der Waals surface area contributed by atoms with Crippen LogP contribution in [0.15, 0.2) is 16.6 Å². The fourth-order valence-corrected chi connectivity index (χ4v) is 8.57. The molecule has 3 aromatic rings. The van der Waals surface area contributed by atoms with Gasteiger partial charge in [-0.15, -0.1) is 0 Å². The number of carbonyl (C=O) groups is 2. The molecule has 8 rings (SSSR count). The van der Waals surface area contributed by atoms with Crippen molar-refractivity contribution in [2.24, 2.45) is 5.92 Å². The molecule has 9 nitrogen and oxygen atoms in total. The molecule has 2 aromatic heterocycles. The second-order valence-electron chi connectivity index (χ2n) is 12.7. The van der Waals surface area contributed by atoms with Gasteiger partial charge in [-0.1, -0.05) is 0 Å². The normalized spacial score (nSPS) is 28.2. The highest BCUT2D eigenvalue weighted by Gasteiger charge is 2.56. The highest BCUT2D eigenvalue weighted by molar-refractivity contribution is 9.10. The smallest absolute Gasteiger partial charge is 0.407 e. The van der Waals surface area contributed by atoms with Crippen LogP contribution in [0, 0.1) is 18.7 Å². The molecule has 1 saturated carbocycles.